The summed E-state index contributed by atoms with van der Waals surface area (Å²) in [5.41, 5.74) is 2.19. The standard InChI is InChI=1S/C13H10O3/c14-9-5-8-6-3-1-2-4-7(6)12-11(9)10(8)13(15)16-12/h1-4,8,10-12H,5H2/t8-,10-,11-,12+/m0/s1. The average molecular weight is 214 g/mol. The molecule has 0 spiro atoms. The van der Waals surface area contributed by atoms with Crippen LogP contribution in [0.25, 0.3) is 0 Å². The Kier molecular flexibility index (Phi) is 1.35. The van der Waals surface area contributed by atoms with Crippen molar-refractivity contribution in [2.75, 3.05) is 0 Å². The largest absolute Gasteiger partial charge is 0.456 e. The van der Waals surface area contributed by atoms with Crippen LogP contribution in [0, 0.1) is 11.8 Å². The van der Waals surface area contributed by atoms with Crippen molar-refractivity contribution in [2.24, 2.45) is 11.8 Å². The third-order valence-electron chi connectivity index (χ3n) is 4.16. The summed E-state index contributed by atoms with van der Waals surface area (Å²) in [4.78, 5) is 23.7. The van der Waals surface area contributed by atoms with Gasteiger partial charge < -0.3 is 4.74 Å². The molecule has 4 atom stereocenters. The van der Waals surface area contributed by atoms with Crippen molar-refractivity contribution < 1.29 is 14.3 Å². The Morgan fingerprint density at radius 3 is 2.62 bits per heavy atom. The number of hydrogen-bond acceptors (Lipinski definition) is 3. The number of carbonyl (C=O) groups excluding carboxylic acids is 2. The zero-order chi connectivity index (χ0) is 10.9. The Morgan fingerprint density at radius 2 is 1.81 bits per heavy atom. The van der Waals surface area contributed by atoms with E-state index in [-0.39, 0.29) is 35.6 Å². The Morgan fingerprint density at radius 1 is 1.06 bits per heavy atom. The number of rotatable bonds is 0. The number of fused-ring (bicyclic) bond motifs is 3. The van der Waals surface area contributed by atoms with Gasteiger partial charge in [-0.1, -0.05) is 24.3 Å². The molecule has 80 valence electrons. The van der Waals surface area contributed by atoms with Crippen molar-refractivity contribution >= 4 is 11.8 Å². The third kappa shape index (κ3) is 0.775. The molecule has 3 heteroatoms. The first-order valence-corrected chi connectivity index (χ1v) is 5.59. The first-order valence-electron chi connectivity index (χ1n) is 5.59. The fourth-order valence-electron chi connectivity index (χ4n) is 3.54. The van der Waals surface area contributed by atoms with Gasteiger partial charge in [-0.05, 0) is 11.1 Å². The van der Waals surface area contributed by atoms with Gasteiger partial charge in [-0.15, -0.1) is 0 Å². The molecule has 2 fully saturated rings. The van der Waals surface area contributed by atoms with E-state index in [2.05, 4.69) is 0 Å². The molecule has 0 aromatic heterocycles. The van der Waals surface area contributed by atoms with Crippen molar-refractivity contribution in [3.05, 3.63) is 35.4 Å². The van der Waals surface area contributed by atoms with Gasteiger partial charge in [0, 0.05) is 12.3 Å². The van der Waals surface area contributed by atoms with E-state index in [1.165, 1.54) is 0 Å². The molecule has 1 heterocycles. The molecule has 3 nitrogen and oxygen atoms in total. The van der Waals surface area contributed by atoms with Gasteiger partial charge in [-0.2, -0.15) is 0 Å². The van der Waals surface area contributed by atoms with Gasteiger partial charge in [0.15, 0.2) is 0 Å². The summed E-state index contributed by atoms with van der Waals surface area (Å²) in [5.74, 6) is -0.316. The monoisotopic (exact) mass is 214 g/mol. The number of carbonyl (C=O) groups is 2. The van der Waals surface area contributed by atoms with Gasteiger partial charge in [0.2, 0.25) is 0 Å². The lowest BCUT2D eigenvalue weighted by Gasteiger charge is -2.24. The zero-order valence-electron chi connectivity index (χ0n) is 8.55. The molecule has 0 unspecified atom stereocenters. The lowest BCUT2D eigenvalue weighted by molar-refractivity contribution is -0.144. The predicted molar refractivity (Wildman–Crippen MR) is 54.6 cm³/mol. The van der Waals surface area contributed by atoms with Crippen LogP contribution >= 0.6 is 0 Å². The minimum atomic E-state index is -0.306. The maximum atomic E-state index is 11.9. The normalized spacial score (nSPS) is 38.5. The minimum Gasteiger partial charge on any atom is -0.456 e. The fourth-order valence-corrected chi connectivity index (χ4v) is 3.54. The van der Waals surface area contributed by atoms with E-state index >= 15 is 0 Å². The van der Waals surface area contributed by atoms with Gasteiger partial charge in [0.1, 0.15) is 11.9 Å². The van der Waals surface area contributed by atoms with Gasteiger partial charge >= 0.3 is 5.97 Å². The van der Waals surface area contributed by atoms with Crippen LogP contribution < -0.4 is 0 Å². The summed E-state index contributed by atoms with van der Waals surface area (Å²) in [7, 11) is 0. The van der Waals surface area contributed by atoms with Crippen LogP contribution in [0.4, 0.5) is 0 Å². The summed E-state index contributed by atoms with van der Waals surface area (Å²) >= 11 is 0. The molecule has 4 rings (SSSR count). The van der Waals surface area contributed by atoms with Crippen molar-refractivity contribution in [1.82, 2.24) is 0 Å². The number of Topliss-reactive ketones (excluding diaryl/α,β-unsaturated/α-hetero) is 1. The topological polar surface area (TPSA) is 43.4 Å². The Hall–Kier alpha value is -1.64. The van der Waals surface area contributed by atoms with Crippen LogP contribution in [0.15, 0.2) is 24.3 Å². The van der Waals surface area contributed by atoms with Gasteiger partial charge in [0.25, 0.3) is 0 Å². The Labute approximate surface area is 92.4 Å². The van der Waals surface area contributed by atoms with Gasteiger partial charge in [-0.3, -0.25) is 9.59 Å². The van der Waals surface area contributed by atoms with Crippen LogP contribution in [0.2, 0.25) is 0 Å². The number of ketones is 1. The number of esters is 1. The van der Waals surface area contributed by atoms with E-state index in [1.54, 1.807) is 0 Å². The number of hydrogen-bond donors (Lipinski definition) is 0. The highest BCUT2D eigenvalue weighted by atomic mass is 16.6. The molecule has 3 aliphatic rings. The molecular formula is C13H10O3. The molecule has 16 heavy (non-hydrogen) atoms. The molecule has 1 aromatic carbocycles. The molecular weight excluding hydrogens is 204 g/mol. The van der Waals surface area contributed by atoms with Crippen molar-refractivity contribution in [3.8, 4) is 0 Å². The Balaban J connectivity index is 2.01. The van der Waals surface area contributed by atoms with Crippen LogP contribution in [0.5, 0.6) is 0 Å². The Bertz CT molecular complexity index is 473. The fraction of sp³-hybridized carbons (Fsp3) is 0.385. The maximum Gasteiger partial charge on any atom is 0.311 e. The lowest BCUT2D eigenvalue weighted by atomic mass is 9.75. The number of ether oxygens (including phenoxy) is 1. The second-order valence-corrected chi connectivity index (χ2v) is 4.81. The summed E-state index contributed by atoms with van der Waals surface area (Å²) in [5, 5.41) is 0. The summed E-state index contributed by atoms with van der Waals surface area (Å²) in [6.07, 6.45) is 0.206. The number of benzene rings is 1. The lowest BCUT2D eigenvalue weighted by Crippen LogP contribution is -2.24. The molecule has 0 radical (unpaired) electrons. The summed E-state index contributed by atoms with van der Waals surface area (Å²) < 4.78 is 5.36. The predicted octanol–water partition coefficient (Wildman–Crippen LogP) is 1.59. The third-order valence-corrected chi connectivity index (χ3v) is 4.16. The minimum absolute atomic E-state index is 0.0694. The molecule has 4 bridgehead atoms. The van der Waals surface area contributed by atoms with Crippen LogP contribution in [-0.4, -0.2) is 11.8 Å². The average Bonchev–Trinajstić information content (AvgIpc) is 2.73. The molecule has 1 saturated carbocycles. The molecule has 1 aliphatic heterocycles. The zero-order valence-corrected chi connectivity index (χ0v) is 8.55. The first-order chi connectivity index (χ1) is 7.77. The second-order valence-electron chi connectivity index (χ2n) is 4.81. The van der Waals surface area contributed by atoms with E-state index < -0.39 is 0 Å². The molecule has 0 N–H and O–H groups in total. The van der Waals surface area contributed by atoms with E-state index in [0.29, 0.717) is 6.42 Å². The highest BCUT2D eigenvalue weighted by Gasteiger charge is 2.61. The van der Waals surface area contributed by atoms with Crippen molar-refractivity contribution in [1.29, 1.82) is 0 Å². The van der Waals surface area contributed by atoms with Crippen molar-refractivity contribution in [3.63, 3.8) is 0 Å². The van der Waals surface area contributed by atoms with Gasteiger partial charge in [0.05, 0.1) is 11.8 Å². The van der Waals surface area contributed by atoms with Crippen LogP contribution in [0.1, 0.15) is 29.6 Å². The molecule has 1 saturated heterocycles. The SMILES string of the molecule is O=C1O[C@@H]2c3ccccc3[C@@H]3CC(=O)[C@H]2[C@@H]13. The molecule has 2 aliphatic carbocycles. The summed E-state index contributed by atoms with van der Waals surface area (Å²) in [6, 6.07) is 7.91. The van der Waals surface area contributed by atoms with Gasteiger partial charge in [-0.25, -0.2) is 0 Å². The highest BCUT2D eigenvalue weighted by molar-refractivity contribution is 5.96. The van der Waals surface area contributed by atoms with Crippen LogP contribution in [0.3, 0.4) is 0 Å². The van der Waals surface area contributed by atoms with E-state index in [9.17, 15) is 9.59 Å². The van der Waals surface area contributed by atoms with Crippen LogP contribution in [-0.2, 0) is 14.3 Å². The maximum absolute atomic E-state index is 11.9. The van der Waals surface area contributed by atoms with E-state index in [0.717, 1.165) is 11.1 Å². The van der Waals surface area contributed by atoms with E-state index in [1.807, 2.05) is 24.3 Å². The van der Waals surface area contributed by atoms with Crippen molar-refractivity contribution in [2.45, 2.75) is 18.4 Å². The molecule has 0 amide bonds. The second kappa shape index (κ2) is 2.54. The smallest absolute Gasteiger partial charge is 0.311 e. The molecule has 1 aromatic rings. The highest BCUT2D eigenvalue weighted by Crippen LogP contribution is 2.58. The summed E-state index contributed by atoms with van der Waals surface area (Å²) in [6.45, 7) is 0. The quantitative estimate of drug-likeness (QED) is 0.616. The first kappa shape index (κ1) is 8.50. The van der Waals surface area contributed by atoms with E-state index in [4.69, 9.17) is 4.74 Å².